The highest BCUT2D eigenvalue weighted by molar-refractivity contribution is 8.25. The lowest BCUT2D eigenvalue weighted by atomic mass is 10.4. The molecule has 0 atom stereocenters. The van der Waals surface area contributed by atoms with Gasteiger partial charge in [-0.25, -0.2) is 0 Å². The van der Waals surface area contributed by atoms with Crippen molar-refractivity contribution in [1.82, 2.24) is 0 Å². The fourth-order valence-corrected chi connectivity index (χ4v) is 7.22. The van der Waals surface area contributed by atoms with E-state index < -0.39 is 6.04 Å². The minimum Gasteiger partial charge on any atom is -0.152 e. The van der Waals surface area contributed by atoms with E-state index in [-0.39, 0.29) is 0 Å². The standard InChI is InChI=1S/C16H13PS2/c18-17(16-11-12-19-13-16,14-7-3-1-4-8-14)15-9-5-2-6-10-15/h1-13H. The van der Waals surface area contributed by atoms with Crippen molar-refractivity contribution in [2.75, 3.05) is 0 Å². The normalized spacial score (nSPS) is 11.4. The summed E-state index contributed by atoms with van der Waals surface area (Å²) in [6.07, 6.45) is 0. The van der Waals surface area contributed by atoms with Crippen molar-refractivity contribution in [1.29, 1.82) is 0 Å². The van der Waals surface area contributed by atoms with E-state index in [4.69, 9.17) is 11.8 Å². The molecule has 1 heterocycles. The first-order valence-electron chi connectivity index (χ1n) is 6.06. The first-order valence-corrected chi connectivity index (χ1v) is 9.80. The predicted octanol–water partition coefficient (Wildman–Crippen LogP) is 3.50. The van der Waals surface area contributed by atoms with E-state index in [1.807, 2.05) is 12.1 Å². The molecular formula is C16H13PS2. The molecule has 94 valence electrons. The van der Waals surface area contributed by atoms with Gasteiger partial charge in [-0.15, -0.1) is 0 Å². The summed E-state index contributed by atoms with van der Waals surface area (Å²) in [7, 11) is 0. The van der Waals surface area contributed by atoms with E-state index in [0.29, 0.717) is 0 Å². The molecule has 19 heavy (non-hydrogen) atoms. The van der Waals surface area contributed by atoms with Crippen LogP contribution in [0.15, 0.2) is 77.5 Å². The number of hydrogen-bond acceptors (Lipinski definition) is 2. The molecule has 0 aliphatic heterocycles. The Morgan fingerprint density at radius 1 is 0.684 bits per heavy atom. The van der Waals surface area contributed by atoms with Crippen molar-refractivity contribution in [2.45, 2.75) is 0 Å². The Kier molecular flexibility index (Phi) is 3.65. The summed E-state index contributed by atoms with van der Waals surface area (Å²) in [5.41, 5.74) is 0. The van der Waals surface area contributed by atoms with E-state index in [2.05, 4.69) is 65.4 Å². The summed E-state index contributed by atoms with van der Waals surface area (Å²) >= 11 is 7.89. The second-order valence-corrected chi connectivity index (χ2v) is 9.45. The number of benzene rings is 2. The summed E-state index contributed by atoms with van der Waals surface area (Å²) in [5.74, 6) is 0. The first kappa shape index (κ1) is 12.8. The SMILES string of the molecule is S=P(c1ccccc1)(c1ccccc1)c1ccsc1. The maximum atomic E-state index is 6.17. The molecular weight excluding hydrogens is 287 g/mol. The minimum absolute atomic E-state index is 1.26. The zero-order valence-electron chi connectivity index (χ0n) is 10.3. The predicted molar refractivity (Wildman–Crippen MR) is 90.4 cm³/mol. The second kappa shape index (κ2) is 5.42. The van der Waals surface area contributed by atoms with Gasteiger partial charge >= 0.3 is 0 Å². The molecule has 0 saturated carbocycles. The third kappa shape index (κ3) is 2.32. The van der Waals surface area contributed by atoms with Crippen molar-refractivity contribution in [3.8, 4) is 0 Å². The summed E-state index contributed by atoms with van der Waals surface area (Å²) in [6, 6.07) is 21.3. The lowest BCUT2D eigenvalue weighted by Crippen LogP contribution is -2.23. The van der Waals surface area contributed by atoms with E-state index in [1.54, 1.807) is 11.3 Å². The first-order chi connectivity index (χ1) is 9.32. The van der Waals surface area contributed by atoms with Crippen LogP contribution < -0.4 is 15.9 Å². The Hall–Kier alpha value is -1.21. The molecule has 0 radical (unpaired) electrons. The second-order valence-electron chi connectivity index (χ2n) is 4.26. The third-order valence-corrected chi connectivity index (χ3v) is 8.92. The Balaban J connectivity index is 2.26. The third-order valence-electron chi connectivity index (χ3n) is 3.11. The van der Waals surface area contributed by atoms with Gasteiger partial charge in [0.05, 0.1) is 0 Å². The molecule has 0 amide bonds. The Bertz CT molecular complexity index is 645. The van der Waals surface area contributed by atoms with Gasteiger partial charge in [-0.05, 0) is 27.4 Å². The lowest BCUT2D eigenvalue weighted by molar-refractivity contribution is 1.75. The van der Waals surface area contributed by atoms with E-state index in [9.17, 15) is 0 Å². The summed E-state index contributed by atoms with van der Waals surface area (Å²) in [6.45, 7) is 0. The maximum Gasteiger partial charge on any atom is 0.0387 e. The van der Waals surface area contributed by atoms with Crippen LogP contribution >= 0.6 is 17.4 Å². The molecule has 0 N–H and O–H groups in total. The molecule has 0 bridgehead atoms. The van der Waals surface area contributed by atoms with Gasteiger partial charge in [-0.3, -0.25) is 0 Å². The molecule has 1 aromatic heterocycles. The van der Waals surface area contributed by atoms with Gasteiger partial charge in [-0.1, -0.05) is 72.5 Å². The zero-order chi connectivity index (χ0) is 13.1. The van der Waals surface area contributed by atoms with Crippen molar-refractivity contribution < 1.29 is 0 Å². The van der Waals surface area contributed by atoms with Gasteiger partial charge in [-0.2, -0.15) is 11.3 Å². The van der Waals surface area contributed by atoms with Crippen LogP contribution in [-0.2, 0) is 11.8 Å². The van der Waals surface area contributed by atoms with Gasteiger partial charge in [0, 0.05) is 11.3 Å². The molecule has 0 nitrogen and oxygen atoms in total. The van der Waals surface area contributed by atoms with Crippen LogP contribution in [0, 0.1) is 0 Å². The van der Waals surface area contributed by atoms with E-state index in [1.165, 1.54) is 15.9 Å². The van der Waals surface area contributed by atoms with Gasteiger partial charge < -0.3 is 0 Å². The molecule has 0 saturated heterocycles. The highest BCUT2D eigenvalue weighted by Crippen LogP contribution is 2.43. The number of hydrogen-bond donors (Lipinski definition) is 0. The largest absolute Gasteiger partial charge is 0.152 e. The van der Waals surface area contributed by atoms with Crippen LogP contribution in [-0.4, -0.2) is 0 Å². The summed E-state index contributed by atoms with van der Waals surface area (Å²) in [4.78, 5) is 0. The Morgan fingerprint density at radius 3 is 1.63 bits per heavy atom. The van der Waals surface area contributed by atoms with Gasteiger partial charge in [0.1, 0.15) is 0 Å². The van der Waals surface area contributed by atoms with Crippen molar-refractivity contribution in [3.05, 3.63) is 77.5 Å². The molecule has 3 aromatic rings. The fourth-order valence-electron chi connectivity index (χ4n) is 2.16. The molecule has 0 aliphatic rings. The van der Waals surface area contributed by atoms with Gasteiger partial charge in [0.25, 0.3) is 0 Å². The molecule has 0 fully saturated rings. The molecule has 0 aliphatic carbocycles. The maximum absolute atomic E-state index is 6.17. The average Bonchev–Trinajstić information content (AvgIpc) is 3.03. The van der Waals surface area contributed by atoms with Crippen molar-refractivity contribution >= 4 is 45.1 Å². The quantitative estimate of drug-likeness (QED) is 0.667. The van der Waals surface area contributed by atoms with E-state index >= 15 is 0 Å². The van der Waals surface area contributed by atoms with Crippen molar-refractivity contribution in [3.63, 3.8) is 0 Å². The van der Waals surface area contributed by atoms with Crippen molar-refractivity contribution in [2.24, 2.45) is 0 Å². The highest BCUT2D eigenvalue weighted by atomic mass is 32.4. The molecule has 0 spiro atoms. The smallest absolute Gasteiger partial charge is 0.0387 e. The van der Waals surface area contributed by atoms with Crippen LogP contribution in [0.1, 0.15) is 0 Å². The zero-order valence-corrected chi connectivity index (χ0v) is 12.8. The minimum atomic E-state index is -1.88. The van der Waals surface area contributed by atoms with Crippen LogP contribution in [0.2, 0.25) is 0 Å². The van der Waals surface area contributed by atoms with Gasteiger partial charge in [0.15, 0.2) is 0 Å². The molecule has 3 heteroatoms. The van der Waals surface area contributed by atoms with Crippen LogP contribution in [0.3, 0.4) is 0 Å². The molecule has 0 unspecified atom stereocenters. The average molecular weight is 300 g/mol. The monoisotopic (exact) mass is 300 g/mol. The van der Waals surface area contributed by atoms with Crippen LogP contribution in [0.4, 0.5) is 0 Å². The van der Waals surface area contributed by atoms with Gasteiger partial charge in [0.2, 0.25) is 0 Å². The Morgan fingerprint density at radius 2 is 1.21 bits per heavy atom. The molecule has 2 aromatic carbocycles. The fraction of sp³-hybridized carbons (Fsp3) is 0. The van der Waals surface area contributed by atoms with E-state index in [0.717, 1.165) is 0 Å². The van der Waals surface area contributed by atoms with Crippen LogP contribution in [0.25, 0.3) is 0 Å². The summed E-state index contributed by atoms with van der Waals surface area (Å²) in [5, 5.41) is 8.11. The number of rotatable bonds is 3. The van der Waals surface area contributed by atoms with Crippen LogP contribution in [0.5, 0.6) is 0 Å². The lowest BCUT2D eigenvalue weighted by Gasteiger charge is -2.22. The number of thiophene rings is 1. The molecule has 3 rings (SSSR count). The Labute approximate surface area is 122 Å². The highest BCUT2D eigenvalue weighted by Gasteiger charge is 2.24. The summed E-state index contributed by atoms with van der Waals surface area (Å²) < 4.78 is 0. The topological polar surface area (TPSA) is 0 Å².